The van der Waals surface area contributed by atoms with Gasteiger partial charge in [0.05, 0.1) is 0 Å². The van der Waals surface area contributed by atoms with Gasteiger partial charge in [-0.05, 0) is 57.4 Å². The second-order valence-electron chi connectivity index (χ2n) is 7.19. The van der Waals surface area contributed by atoms with Crippen molar-refractivity contribution in [1.82, 2.24) is 9.80 Å². The summed E-state index contributed by atoms with van der Waals surface area (Å²) < 4.78 is 0. The van der Waals surface area contributed by atoms with E-state index in [1.165, 1.54) is 18.2 Å². The van der Waals surface area contributed by atoms with Gasteiger partial charge in [0.1, 0.15) is 5.25 Å². The highest BCUT2D eigenvalue weighted by atomic mass is 32.2. The predicted octanol–water partition coefficient (Wildman–Crippen LogP) is 2.98. The minimum atomic E-state index is -0.463. The predicted molar refractivity (Wildman–Crippen MR) is 116 cm³/mol. The molecule has 2 heterocycles. The number of amides is 3. The summed E-state index contributed by atoms with van der Waals surface area (Å²) in [6.45, 7) is 7.05. The first-order chi connectivity index (χ1) is 14.0. The van der Waals surface area contributed by atoms with Gasteiger partial charge >= 0.3 is 0 Å². The molecule has 1 aromatic rings. The van der Waals surface area contributed by atoms with E-state index in [1.807, 2.05) is 13.8 Å². The van der Waals surface area contributed by atoms with Crippen LogP contribution in [0.1, 0.15) is 49.9 Å². The number of piperidine rings is 1. The van der Waals surface area contributed by atoms with Crippen molar-refractivity contribution in [1.29, 1.82) is 0 Å². The number of hydrogen-bond acceptors (Lipinski definition) is 5. The molecular weight excluding hydrogens is 388 g/mol. The molecule has 1 aromatic carbocycles. The number of rotatable bonds is 6. The standard InChI is InChI=1S/C21H28N4O3S/c1-3-24(4-2)20(28)15-8-10-16(11-9-15)22-18(26)14-17-19(27)23-21(29-17)25-12-6-5-7-13-25/h8-11,17H,3-7,12-14H2,1-2H3,(H,22,26)/t17-/m0/s1. The van der Waals surface area contributed by atoms with E-state index in [4.69, 9.17) is 0 Å². The molecule has 0 saturated carbocycles. The average Bonchev–Trinajstić information content (AvgIpc) is 3.10. The Morgan fingerprint density at radius 1 is 1.14 bits per heavy atom. The van der Waals surface area contributed by atoms with Gasteiger partial charge in [0.2, 0.25) is 5.91 Å². The molecule has 0 unspecified atom stereocenters. The summed E-state index contributed by atoms with van der Waals surface area (Å²) in [6.07, 6.45) is 3.54. The Kier molecular flexibility index (Phi) is 7.30. The van der Waals surface area contributed by atoms with Crippen LogP contribution in [-0.2, 0) is 9.59 Å². The van der Waals surface area contributed by atoms with Crippen molar-refractivity contribution in [3.63, 3.8) is 0 Å². The zero-order chi connectivity index (χ0) is 20.8. The van der Waals surface area contributed by atoms with Crippen LogP contribution in [0.25, 0.3) is 0 Å². The molecule has 1 atom stereocenters. The maximum Gasteiger partial charge on any atom is 0.262 e. The first kappa shape index (κ1) is 21.4. The molecule has 2 aliphatic rings. The van der Waals surface area contributed by atoms with E-state index in [0.29, 0.717) is 24.3 Å². The van der Waals surface area contributed by atoms with Crippen molar-refractivity contribution in [2.45, 2.75) is 44.8 Å². The summed E-state index contributed by atoms with van der Waals surface area (Å²) in [5.74, 6) is -0.483. The van der Waals surface area contributed by atoms with Crippen LogP contribution in [0.15, 0.2) is 29.3 Å². The molecule has 1 saturated heterocycles. The van der Waals surface area contributed by atoms with Gasteiger partial charge < -0.3 is 15.1 Å². The Bertz CT molecular complexity index is 784. The lowest BCUT2D eigenvalue weighted by atomic mass is 10.1. The largest absolute Gasteiger partial charge is 0.351 e. The minimum absolute atomic E-state index is 0.0248. The van der Waals surface area contributed by atoms with Gasteiger partial charge in [-0.15, -0.1) is 0 Å². The number of aliphatic imine (C=N–C) groups is 1. The highest BCUT2D eigenvalue weighted by Crippen LogP contribution is 2.29. The topological polar surface area (TPSA) is 82.1 Å². The van der Waals surface area contributed by atoms with Crippen molar-refractivity contribution in [3.8, 4) is 0 Å². The molecule has 0 radical (unpaired) electrons. The number of carbonyl (C=O) groups excluding carboxylic acids is 3. The van der Waals surface area contributed by atoms with Crippen molar-refractivity contribution in [2.24, 2.45) is 4.99 Å². The fourth-order valence-corrected chi connectivity index (χ4v) is 4.62. The van der Waals surface area contributed by atoms with Gasteiger partial charge in [-0.2, -0.15) is 4.99 Å². The first-order valence-corrected chi connectivity index (χ1v) is 11.1. The van der Waals surface area contributed by atoms with Crippen LogP contribution in [-0.4, -0.2) is 64.1 Å². The number of benzene rings is 1. The van der Waals surface area contributed by atoms with Crippen molar-refractivity contribution in [2.75, 3.05) is 31.5 Å². The van der Waals surface area contributed by atoms with E-state index in [0.717, 1.165) is 31.1 Å². The number of anilines is 1. The Balaban J connectivity index is 1.52. The summed E-state index contributed by atoms with van der Waals surface area (Å²) in [5.41, 5.74) is 1.20. The van der Waals surface area contributed by atoms with E-state index in [9.17, 15) is 14.4 Å². The lowest BCUT2D eigenvalue weighted by Gasteiger charge is -2.27. The molecule has 2 aliphatic heterocycles. The summed E-state index contributed by atoms with van der Waals surface area (Å²) >= 11 is 1.39. The Labute approximate surface area is 175 Å². The molecule has 156 valence electrons. The molecule has 0 spiro atoms. The monoisotopic (exact) mass is 416 g/mol. The number of thioether (sulfide) groups is 1. The molecule has 3 rings (SSSR count). The third-order valence-corrected chi connectivity index (χ3v) is 6.41. The van der Waals surface area contributed by atoms with E-state index in [1.54, 1.807) is 29.2 Å². The zero-order valence-electron chi connectivity index (χ0n) is 17.0. The van der Waals surface area contributed by atoms with Gasteiger partial charge in [-0.25, -0.2) is 0 Å². The molecular formula is C21H28N4O3S. The van der Waals surface area contributed by atoms with Crippen molar-refractivity contribution in [3.05, 3.63) is 29.8 Å². The summed E-state index contributed by atoms with van der Waals surface area (Å²) in [6, 6.07) is 6.86. The first-order valence-electron chi connectivity index (χ1n) is 10.2. The average molecular weight is 417 g/mol. The van der Waals surface area contributed by atoms with Crippen LogP contribution >= 0.6 is 11.8 Å². The molecule has 0 aromatic heterocycles. The van der Waals surface area contributed by atoms with Gasteiger partial charge in [-0.3, -0.25) is 14.4 Å². The second kappa shape index (κ2) is 9.91. The lowest BCUT2D eigenvalue weighted by Crippen LogP contribution is -2.33. The third-order valence-electron chi connectivity index (χ3n) is 5.19. The van der Waals surface area contributed by atoms with E-state index >= 15 is 0 Å². The highest BCUT2D eigenvalue weighted by Gasteiger charge is 2.33. The molecule has 0 aliphatic carbocycles. The molecule has 8 heteroatoms. The second-order valence-corrected chi connectivity index (χ2v) is 8.36. The Morgan fingerprint density at radius 3 is 2.41 bits per heavy atom. The van der Waals surface area contributed by atoms with Crippen LogP contribution in [0.2, 0.25) is 0 Å². The Morgan fingerprint density at radius 2 is 1.79 bits per heavy atom. The van der Waals surface area contributed by atoms with Crippen LogP contribution in [0.4, 0.5) is 5.69 Å². The number of nitrogens with zero attached hydrogens (tertiary/aromatic N) is 3. The minimum Gasteiger partial charge on any atom is -0.351 e. The SMILES string of the molecule is CCN(CC)C(=O)c1ccc(NC(=O)C[C@@H]2SC(N3CCCCC3)=NC2=O)cc1. The number of amidine groups is 1. The quantitative estimate of drug-likeness (QED) is 0.771. The van der Waals surface area contributed by atoms with Crippen LogP contribution < -0.4 is 5.32 Å². The van der Waals surface area contributed by atoms with Gasteiger partial charge in [0, 0.05) is 43.9 Å². The van der Waals surface area contributed by atoms with Crippen molar-refractivity contribution >= 4 is 40.3 Å². The molecule has 1 N–H and O–H groups in total. The van der Waals surface area contributed by atoms with Crippen LogP contribution in [0, 0.1) is 0 Å². The molecule has 0 bridgehead atoms. The fraction of sp³-hybridized carbons (Fsp3) is 0.524. The van der Waals surface area contributed by atoms with Gasteiger partial charge in [0.25, 0.3) is 11.8 Å². The summed E-state index contributed by atoms with van der Waals surface area (Å²) in [7, 11) is 0. The number of carbonyl (C=O) groups is 3. The smallest absolute Gasteiger partial charge is 0.262 e. The van der Waals surface area contributed by atoms with Gasteiger partial charge in [0.15, 0.2) is 5.17 Å². The van der Waals surface area contributed by atoms with Crippen molar-refractivity contribution < 1.29 is 14.4 Å². The summed E-state index contributed by atoms with van der Waals surface area (Å²) in [5, 5.41) is 3.11. The number of nitrogens with one attached hydrogen (secondary N) is 1. The van der Waals surface area contributed by atoms with Gasteiger partial charge in [-0.1, -0.05) is 11.8 Å². The van der Waals surface area contributed by atoms with Crippen LogP contribution in [0.3, 0.4) is 0 Å². The summed E-state index contributed by atoms with van der Waals surface area (Å²) in [4.78, 5) is 45.0. The van der Waals surface area contributed by atoms with Crippen LogP contribution in [0.5, 0.6) is 0 Å². The van der Waals surface area contributed by atoms with E-state index < -0.39 is 5.25 Å². The highest BCUT2D eigenvalue weighted by molar-refractivity contribution is 8.15. The lowest BCUT2D eigenvalue weighted by molar-refractivity contribution is -0.121. The molecule has 3 amide bonds. The van der Waals surface area contributed by atoms with E-state index in [-0.39, 0.29) is 24.1 Å². The Hall–Kier alpha value is -2.35. The third kappa shape index (κ3) is 5.38. The molecule has 7 nitrogen and oxygen atoms in total. The number of hydrogen-bond donors (Lipinski definition) is 1. The van der Waals surface area contributed by atoms with E-state index in [2.05, 4.69) is 15.2 Å². The molecule has 29 heavy (non-hydrogen) atoms. The maximum atomic E-state index is 12.4. The maximum absolute atomic E-state index is 12.4. The number of likely N-dealkylation sites (tertiary alicyclic amines) is 1. The normalized spacial score (nSPS) is 19.1. The molecule has 1 fully saturated rings. The zero-order valence-corrected chi connectivity index (χ0v) is 17.8. The fourth-order valence-electron chi connectivity index (χ4n) is 3.50.